The average Bonchev–Trinajstić information content (AvgIpc) is 2.53. The van der Waals surface area contributed by atoms with Gasteiger partial charge >= 0.3 is 0 Å². The van der Waals surface area contributed by atoms with E-state index in [0.717, 1.165) is 36.8 Å². The Morgan fingerprint density at radius 2 is 1.38 bits per heavy atom. The summed E-state index contributed by atoms with van der Waals surface area (Å²) in [6.07, 6.45) is 14.7. The third kappa shape index (κ3) is 5.76. The van der Waals surface area contributed by atoms with Crippen molar-refractivity contribution in [2.75, 3.05) is 0 Å². The number of nitrogens with zero attached hydrogens (tertiary/aromatic N) is 2. The van der Waals surface area contributed by atoms with Crippen LogP contribution < -0.4 is 0 Å². The van der Waals surface area contributed by atoms with Crippen molar-refractivity contribution < 1.29 is 0 Å². The van der Waals surface area contributed by atoms with Gasteiger partial charge in [0.25, 0.3) is 0 Å². The fourth-order valence-electron chi connectivity index (χ4n) is 3.56. The van der Waals surface area contributed by atoms with E-state index >= 15 is 0 Å². The normalized spacial score (nSPS) is 22.4. The molecular weight excluding hydrogens is 256 g/mol. The fraction of sp³-hybridized carbons (Fsp3) is 0.789. The second-order valence-electron chi connectivity index (χ2n) is 6.83. The molecule has 1 aliphatic carbocycles. The minimum Gasteiger partial charge on any atom is -0.155 e. The van der Waals surface area contributed by atoms with Crippen molar-refractivity contribution >= 4 is 0 Å². The third-order valence-corrected chi connectivity index (χ3v) is 5.02. The van der Waals surface area contributed by atoms with E-state index in [2.05, 4.69) is 36.2 Å². The Kier molecular flexibility index (Phi) is 7.18. The van der Waals surface area contributed by atoms with Crippen molar-refractivity contribution in [2.24, 2.45) is 11.8 Å². The monoisotopic (exact) mass is 288 g/mol. The van der Waals surface area contributed by atoms with Gasteiger partial charge in [-0.1, -0.05) is 65.2 Å². The number of hydrogen-bond acceptors (Lipinski definition) is 2. The van der Waals surface area contributed by atoms with Crippen LogP contribution in [-0.4, -0.2) is 10.2 Å². The number of aryl methyl sites for hydroxylation is 2. The first-order valence-corrected chi connectivity index (χ1v) is 9.13. The third-order valence-electron chi connectivity index (χ3n) is 5.02. The molecule has 2 rings (SSSR count). The molecule has 0 N–H and O–H groups in total. The van der Waals surface area contributed by atoms with Crippen molar-refractivity contribution in [3.63, 3.8) is 0 Å². The summed E-state index contributed by atoms with van der Waals surface area (Å²) in [6, 6.07) is 4.35. The molecule has 1 heterocycles. The summed E-state index contributed by atoms with van der Waals surface area (Å²) in [4.78, 5) is 0. The van der Waals surface area contributed by atoms with Crippen molar-refractivity contribution in [3.05, 3.63) is 23.5 Å². The SMILES string of the molecule is CCCCC1CCC(CCc2ccc(CCC)nn2)CC1. The minimum atomic E-state index is 0.931. The first-order valence-electron chi connectivity index (χ1n) is 9.13. The van der Waals surface area contributed by atoms with Crippen molar-refractivity contribution in [1.82, 2.24) is 10.2 Å². The molecule has 0 unspecified atom stereocenters. The van der Waals surface area contributed by atoms with E-state index in [1.54, 1.807) is 0 Å². The lowest BCUT2D eigenvalue weighted by Crippen LogP contribution is -2.15. The van der Waals surface area contributed by atoms with Gasteiger partial charge in [-0.15, -0.1) is 0 Å². The zero-order valence-corrected chi connectivity index (χ0v) is 14.0. The molecule has 118 valence electrons. The molecule has 2 nitrogen and oxygen atoms in total. The van der Waals surface area contributed by atoms with Crippen LogP contribution in [-0.2, 0) is 12.8 Å². The van der Waals surface area contributed by atoms with E-state index in [4.69, 9.17) is 0 Å². The Balaban J connectivity index is 1.67. The van der Waals surface area contributed by atoms with Gasteiger partial charge in [-0.3, -0.25) is 0 Å². The van der Waals surface area contributed by atoms with E-state index in [-0.39, 0.29) is 0 Å². The lowest BCUT2D eigenvalue weighted by molar-refractivity contribution is 0.249. The van der Waals surface area contributed by atoms with Gasteiger partial charge < -0.3 is 0 Å². The van der Waals surface area contributed by atoms with Gasteiger partial charge in [0.15, 0.2) is 0 Å². The van der Waals surface area contributed by atoms with Gasteiger partial charge in [-0.25, -0.2) is 0 Å². The predicted octanol–water partition coefficient (Wildman–Crippen LogP) is 5.36. The molecule has 0 spiro atoms. The highest BCUT2D eigenvalue weighted by atomic mass is 15.1. The second kappa shape index (κ2) is 9.17. The smallest absolute Gasteiger partial charge is 0.0631 e. The summed E-state index contributed by atoms with van der Waals surface area (Å²) in [7, 11) is 0. The Morgan fingerprint density at radius 1 is 0.810 bits per heavy atom. The Morgan fingerprint density at radius 3 is 1.90 bits per heavy atom. The molecule has 0 bridgehead atoms. The highest BCUT2D eigenvalue weighted by Gasteiger charge is 2.20. The predicted molar refractivity (Wildman–Crippen MR) is 89.3 cm³/mol. The molecule has 0 radical (unpaired) electrons. The Bertz CT molecular complexity index is 377. The van der Waals surface area contributed by atoms with Crippen LogP contribution in [0.15, 0.2) is 12.1 Å². The van der Waals surface area contributed by atoms with E-state index in [0.29, 0.717) is 0 Å². The van der Waals surface area contributed by atoms with Crippen LogP contribution in [0.1, 0.15) is 83.0 Å². The molecule has 0 atom stereocenters. The Hall–Kier alpha value is -0.920. The number of unbranched alkanes of at least 4 members (excludes halogenated alkanes) is 1. The molecule has 2 heteroatoms. The van der Waals surface area contributed by atoms with Crippen LogP contribution in [0.4, 0.5) is 0 Å². The highest BCUT2D eigenvalue weighted by Crippen LogP contribution is 2.33. The average molecular weight is 288 g/mol. The number of rotatable bonds is 8. The summed E-state index contributed by atoms with van der Waals surface area (Å²) < 4.78 is 0. The molecule has 0 aromatic carbocycles. The summed E-state index contributed by atoms with van der Waals surface area (Å²) in [5.74, 6) is 1.95. The summed E-state index contributed by atoms with van der Waals surface area (Å²) in [5.41, 5.74) is 2.32. The van der Waals surface area contributed by atoms with Gasteiger partial charge in [0.2, 0.25) is 0 Å². The summed E-state index contributed by atoms with van der Waals surface area (Å²) >= 11 is 0. The second-order valence-corrected chi connectivity index (χ2v) is 6.83. The lowest BCUT2D eigenvalue weighted by atomic mass is 9.78. The van der Waals surface area contributed by atoms with E-state index in [1.807, 2.05) is 0 Å². The maximum Gasteiger partial charge on any atom is 0.0631 e. The zero-order valence-electron chi connectivity index (χ0n) is 14.0. The van der Waals surface area contributed by atoms with Gasteiger partial charge in [-0.05, 0) is 43.2 Å². The molecule has 21 heavy (non-hydrogen) atoms. The fourth-order valence-corrected chi connectivity index (χ4v) is 3.56. The maximum atomic E-state index is 4.39. The zero-order chi connectivity index (χ0) is 14.9. The molecule has 1 aromatic heterocycles. The van der Waals surface area contributed by atoms with Crippen LogP contribution in [0.25, 0.3) is 0 Å². The van der Waals surface area contributed by atoms with E-state index in [9.17, 15) is 0 Å². The van der Waals surface area contributed by atoms with Crippen molar-refractivity contribution in [2.45, 2.75) is 84.5 Å². The number of hydrogen-bond donors (Lipinski definition) is 0. The van der Waals surface area contributed by atoms with Gasteiger partial charge in [0.05, 0.1) is 11.4 Å². The molecule has 1 saturated carbocycles. The molecular formula is C19H32N2. The van der Waals surface area contributed by atoms with E-state index in [1.165, 1.54) is 57.1 Å². The van der Waals surface area contributed by atoms with Crippen LogP contribution in [0.5, 0.6) is 0 Å². The largest absolute Gasteiger partial charge is 0.155 e. The molecule has 1 fully saturated rings. The summed E-state index contributed by atoms with van der Waals surface area (Å²) in [6.45, 7) is 4.49. The minimum absolute atomic E-state index is 0.931. The van der Waals surface area contributed by atoms with E-state index < -0.39 is 0 Å². The van der Waals surface area contributed by atoms with Gasteiger partial charge in [0, 0.05) is 0 Å². The maximum absolute atomic E-state index is 4.39. The van der Waals surface area contributed by atoms with Crippen LogP contribution in [0.3, 0.4) is 0 Å². The first kappa shape index (κ1) is 16.5. The molecule has 0 amide bonds. The van der Waals surface area contributed by atoms with Crippen LogP contribution in [0.2, 0.25) is 0 Å². The molecule has 0 saturated heterocycles. The Labute approximate surface area is 130 Å². The highest BCUT2D eigenvalue weighted by molar-refractivity contribution is 5.07. The van der Waals surface area contributed by atoms with Crippen LogP contribution >= 0.6 is 0 Å². The van der Waals surface area contributed by atoms with Gasteiger partial charge in [-0.2, -0.15) is 10.2 Å². The number of aromatic nitrogens is 2. The molecule has 0 aliphatic heterocycles. The van der Waals surface area contributed by atoms with Gasteiger partial charge in [0.1, 0.15) is 0 Å². The summed E-state index contributed by atoms with van der Waals surface area (Å²) in [5, 5.41) is 8.72. The molecule has 1 aromatic rings. The standard InChI is InChI=1S/C19H32N2/c1-3-5-7-16-8-10-17(11-9-16)12-13-19-15-14-18(6-4-2)20-21-19/h14-17H,3-13H2,1-2H3. The quantitative estimate of drug-likeness (QED) is 0.643. The first-order chi connectivity index (χ1) is 10.3. The van der Waals surface area contributed by atoms with Crippen LogP contribution in [0, 0.1) is 11.8 Å². The van der Waals surface area contributed by atoms with Crippen molar-refractivity contribution in [1.29, 1.82) is 0 Å². The molecule has 1 aliphatic rings. The topological polar surface area (TPSA) is 25.8 Å². The van der Waals surface area contributed by atoms with Crippen molar-refractivity contribution in [3.8, 4) is 0 Å². The lowest BCUT2D eigenvalue weighted by Gasteiger charge is -2.28.